The second kappa shape index (κ2) is 3.56. The van der Waals surface area contributed by atoms with E-state index in [2.05, 4.69) is 10.2 Å². The van der Waals surface area contributed by atoms with E-state index in [0.717, 1.165) is 6.08 Å². The SMILES string of the molecule is O=C(O)/C(F)=C\c1cccnn1. The van der Waals surface area contributed by atoms with Crippen molar-refractivity contribution >= 4 is 12.0 Å². The minimum atomic E-state index is -1.61. The second-order valence-corrected chi connectivity index (χ2v) is 1.95. The van der Waals surface area contributed by atoms with Crippen molar-refractivity contribution in [2.45, 2.75) is 0 Å². The van der Waals surface area contributed by atoms with Crippen LogP contribution in [0.2, 0.25) is 0 Å². The average Bonchev–Trinajstić information content (AvgIpc) is 2.06. The fourth-order valence-electron chi connectivity index (χ4n) is 0.582. The lowest BCUT2D eigenvalue weighted by atomic mass is 10.3. The normalized spacial score (nSPS) is 11.2. The third-order valence-corrected chi connectivity index (χ3v) is 1.07. The highest BCUT2D eigenvalue weighted by Gasteiger charge is 2.04. The van der Waals surface area contributed by atoms with E-state index in [1.165, 1.54) is 18.3 Å². The van der Waals surface area contributed by atoms with Gasteiger partial charge in [-0.15, -0.1) is 0 Å². The van der Waals surface area contributed by atoms with Gasteiger partial charge in [-0.3, -0.25) is 0 Å². The van der Waals surface area contributed by atoms with Gasteiger partial charge in [0, 0.05) is 12.3 Å². The predicted molar refractivity (Wildman–Crippen MR) is 38.8 cm³/mol. The summed E-state index contributed by atoms with van der Waals surface area (Å²) in [5.74, 6) is -2.86. The van der Waals surface area contributed by atoms with Crippen LogP contribution in [0.4, 0.5) is 4.39 Å². The highest BCUT2D eigenvalue weighted by molar-refractivity contribution is 5.89. The first-order chi connectivity index (χ1) is 5.70. The molecule has 0 unspecified atom stereocenters. The Bertz CT molecular complexity index is 310. The zero-order valence-electron chi connectivity index (χ0n) is 5.94. The van der Waals surface area contributed by atoms with Crippen molar-refractivity contribution in [3.05, 3.63) is 29.9 Å². The predicted octanol–water partition coefficient (Wildman–Crippen LogP) is 0.872. The van der Waals surface area contributed by atoms with E-state index in [9.17, 15) is 9.18 Å². The van der Waals surface area contributed by atoms with Gasteiger partial charge in [0.25, 0.3) is 0 Å². The molecule has 0 saturated carbocycles. The number of carbonyl (C=O) groups is 1. The van der Waals surface area contributed by atoms with Crippen molar-refractivity contribution in [2.24, 2.45) is 0 Å². The minimum absolute atomic E-state index is 0.178. The number of aromatic nitrogens is 2. The first kappa shape index (κ1) is 8.32. The molecule has 0 atom stereocenters. The zero-order chi connectivity index (χ0) is 8.97. The Kier molecular flexibility index (Phi) is 2.47. The van der Waals surface area contributed by atoms with Crippen molar-refractivity contribution in [1.82, 2.24) is 10.2 Å². The number of rotatable bonds is 2. The van der Waals surface area contributed by atoms with Crippen molar-refractivity contribution < 1.29 is 14.3 Å². The highest BCUT2D eigenvalue weighted by Crippen LogP contribution is 2.03. The van der Waals surface area contributed by atoms with Crippen molar-refractivity contribution in [2.75, 3.05) is 0 Å². The van der Waals surface area contributed by atoms with Gasteiger partial charge in [-0.2, -0.15) is 14.6 Å². The van der Waals surface area contributed by atoms with Crippen LogP contribution < -0.4 is 0 Å². The molecule has 0 amide bonds. The molecule has 0 saturated heterocycles. The smallest absolute Gasteiger partial charge is 0.364 e. The lowest BCUT2D eigenvalue weighted by Crippen LogP contribution is -1.95. The molecule has 0 aliphatic rings. The molecule has 1 aromatic heterocycles. The molecule has 0 aliphatic carbocycles. The van der Waals surface area contributed by atoms with E-state index in [4.69, 9.17) is 5.11 Å². The summed E-state index contributed by atoms with van der Waals surface area (Å²) in [7, 11) is 0. The van der Waals surface area contributed by atoms with E-state index in [1.54, 1.807) is 0 Å². The van der Waals surface area contributed by atoms with Gasteiger partial charge in [0.05, 0.1) is 5.69 Å². The topological polar surface area (TPSA) is 63.1 Å². The van der Waals surface area contributed by atoms with Crippen LogP contribution in [0.15, 0.2) is 24.2 Å². The van der Waals surface area contributed by atoms with Crippen LogP contribution in [-0.2, 0) is 4.79 Å². The molecule has 5 heteroatoms. The summed E-state index contributed by atoms with van der Waals surface area (Å²) in [6.45, 7) is 0. The maximum Gasteiger partial charge on any atom is 0.364 e. The lowest BCUT2D eigenvalue weighted by molar-refractivity contribution is -0.134. The van der Waals surface area contributed by atoms with Crippen molar-refractivity contribution in [1.29, 1.82) is 0 Å². The van der Waals surface area contributed by atoms with Crippen LogP contribution in [-0.4, -0.2) is 21.3 Å². The van der Waals surface area contributed by atoms with Gasteiger partial charge in [0.15, 0.2) is 0 Å². The Morgan fingerprint density at radius 1 is 1.67 bits per heavy atom. The molecule has 1 rings (SSSR count). The van der Waals surface area contributed by atoms with Gasteiger partial charge in [-0.05, 0) is 12.1 Å². The van der Waals surface area contributed by atoms with Gasteiger partial charge in [0.1, 0.15) is 0 Å². The van der Waals surface area contributed by atoms with Gasteiger partial charge >= 0.3 is 5.97 Å². The number of carboxylic acid groups (broad SMARTS) is 1. The molecule has 0 fully saturated rings. The van der Waals surface area contributed by atoms with Crippen LogP contribution in [0.25, 0.3) is 6.08 Å². The standard InChI is InChI=1S/C7H5FN2O2/c8-6(7(11)12)4-5-2-1-3-9-10-5/h1-4H,(H,11,12)/b6-4+. The van der Waals surface area contributed by atoms with Crippen LogP contribution in [0.5, 0.6) is 0 Å². The molecule has 1 aromatic rings. The van der Waals surface area contributed by atoms with Gasteiger partial charge in [-0.25, -0.2) is 4.79 Å². The van der Waals surface area contributed by atoms with E-state index in [-0.39, 0.29) is 5.69 Å². The first-order valence-corrected chi connectivity index (χ1v) is 3.08. The molecule has 62 valence electrons. The molecule has 0 bridgehead atoms. The quantitative estimate of drug-likeness (QED) is 0.665. The molecular weight excluding hydrogens is 163 g/mol. The fourth-order valence-corrected chi connectivity index (χ4v) is 0.582. The van der Waals surface area contributed by atoms with E-state index >= 15 is 0 Å². The number of carboxylic acids is 1. The summed E-state index contributed by atoms with van der Waals surface area (Å²) in [5, 5.41) is 15.1. The number of aliphatic carboxylic acids is 1. The molecule has 4 nitrogen and oxygen atoms in total. The largest absolute Gasteiger partial charge is 0.476 e. The Labute approximate surface area is 67.4 Å². The molecule has 12 heavy (non-hydrogen) atoms. The monoisotopic (exact) mass is 168 g/mol. The third kappa shape index (κ3) is 2.12. The zero-order valence-corrected chi connectivity index (χ0v) is 5.94. The second-order valence-electron chi connectivity index (χ2n) is 1.95. The first-order valence-electron chi connectivity index (χ1n) is 3.08. The molecule has 0 aromatic carbocycles. The van der Waals surface area contributed by atoms with Crippen LogP contribution >= 0.6 is 0 Å². The summed E-state index contributed by atoms with van der Waals surface area (Å²) in [6, 6.07) is 2.99. The molecular formula is C7H5FN2O2. The summed E-state index contributed by atoms with van der Waals surface area (Å²) < 4.78 is 12.4. The van der Waals surface area contributed by atoms with E-state index in [0.29, 0.717) is 0 Å². The maximum absolute atomic E-state index is 12.4. The summed E-state index contributed by atoms with van der Waals surface area (Å²) in [5.41, 5.74) is 0.178. The molecule has 0 radical (unpaired) electrons. The van der Waals surface area contributed by atoms with Gasteiger partial charge in [-0.1, -0.05) is 0 Å². The Balaban J connectivity index is 2.89. The van der Waals surface area contributed by atoms with Crippen LogP contribution in [0.1, 0.15) is 5.69 Å². The molecule has 1 N–H and O–H groups in total. The van der Waals surface area contributed by atoms with Crippen molar-refractivity contribution in [3.8, 4) is 0 Å². The number of halogens is 1. The lowest BCUT2D eigenvalue weighted by Gasteiger charge is -1.89. The minimum Gasteiger partial charge on any atom is -0.476 e. The van der Waals surface area contributed by atoms with Gasteiger partial charge in [0.2, 0.25) is 5.83 Å². The van der Waals surface area contributed by atoms with Gasteiger partial charge < -0.3 is 5.11 Å². The Morgan fingerprint density at radius 3 is 2.92 bits per heavy atom. The average molecular weight is 168 g/mol. The number of nitrogens with zero attached hydrogens (tertiary/aromatic N) is 2. The van der Waals surface area contributed by atoms with E-state index < -0.39 is 11.8 Å². The Morgan fingerprint density at radius 2 is 2.42 bits per heavy atom. The summed E-state index contributed by atoms with van der Waals surface area (Å²) in [4.78, 5) is 10.0. The van der Waals surface area contributed by atoms with E-state index in [1.807, 2.05) is 0 Å². The number of hydrogen-bond donors (Lipinski definition) is 1. The highest BCUT2D eigenvalue weighted by atomic mass is 19.1. The Hall–Kier alpha value is -1.78. The van der Waals surface area contributed by atoms with Crippen LogP contribution in [0.3, 0.4) is 0 Å². The maximum atomic E-state index is 12.4. The summed E-state index contributed by atoms with van der Waals surface area (Å²) in [6.07, 6.45) is 2.21. The third-order valence-electron chi connectivity index (χ3n) is 1.07. The fraction of sp³-hybridized carbons (Fsp3) is 0. The van der Waals surface area contributed by atoms with Crippen LogP contribution in [0, 0.1) is 0 Å². The molecule has 0 spiro atoms. The van der Waals surface area contributed by atoms with Crippen molar-refractivity contribution in [3.63, 3.8) is 0 Å². The molecule has 1 heterocycles. The summed E-state index contributed by atoms with van der Waals surface area (Å²) >= 11 is 0. The molecule has 0 aliphatic heterocycles. The number of hydrogen-bond acceptors (Lipinski definition) is 3.